The smallest absolute Gasteiger partial charge is 0.323 e. The Morgan fingerprint density at radius 3 is 1.57 bits per heavy atom. The van der Waals surface area contributed by atoms with Crippen molar-refractivity contribution in [2.75, 3.05) is 23.8 Å². The van der Waals surface area contributed by atoms with E-state index in [-0.39, 0.29) is 0 Å². The Morgan fingerprint density at radius 2 is 1.23 bits per heavy atom. The molecule has 2 aromatic carbocycles. The predicted octanol–water partition coefficient (Wildman–Crippen LogP) is 4.68. The second-order valence-corrected chi connectivity index (χ2v) is 6.08. The minimum Gasteiger partial charge on any atom is -0.494 e. The summed E-state index contributed by atoms with van der Waals surface area (Å²) in [6, 6.07) is 5.89. The van der Waals surface area contributed by atoms with E-state index in [0.717, 1.165) is 0 Å². The third-order valence-electron chi connectivity index (χ3n) is 4.16. The van der Waals surface area contributed by atoms with Crippen LogP contribution < -0.4 is 20.1 Å². The minimum absolute atomic E-state index is 0.336. The monoisotopic (exact) mass is 410 g/mol. The lowest BCUT2D eigenvalue weighted by atomic mass is 10.1. The molecule has 0 aromatic heterocycles. The first-order chi connectivity index (χ1) is 14.4. The number of rotatable bonds is 8. The zero-order valence-corrected chi connectivity index (χ0v) is 17.2. The van der Waals surface area contributed by atoms with Gasteiger partial charge in [-0.25, -0.2) is 14.4 Å². The van der Waals surface area contributed by atoms with E-state index in [1.54, 1.807) is 38.1 Å². The fraction of sp³-hybridized carbons (Fsp3) is 0.286. The van der Waals surface area contributed by atoms with Crippen LogP contribution in [-0.2, 0) is 9.59 Å². The van der Waals surface area contributed by atoms with Crippen molar-refractivity contribution in [3.8, 4) is 11.5 Å². The lowest BCUT2D eigenvalue weighted by Gasteiger charge is -2.16. The van der Waals surface area contributed by atoms with Gasteiger partial charge in [-0.2, -0.15) is 9.98 Å². The first-order valence-electron chi connectivity index (χ1n) is 9.22. The molecule has 30 heavy (non-hydrogen) atoms. The highest BCUT2D eigenvalue weighted by Gasteiger charge is 2.14. The quantitative estimate of drug-likeness (QED) is 0.484. The molecular formula is C21H22N4O5. The van der Waals surface area contributed by atoms with Gasteiger partial charge in [0.25, 0.3) is 0 Å². The zero-order chi connectivity index (χ0) is 22.1. The highest BCUT2D eigenvalue weighted by atomic mass is 16.5. The van der Waals surface area contributed by atoms with E-state index in [1.165, 1.54) is 12.2 Å². The molecule has 9 nitrogen and oxygen atoms in total. The van der Waals surface area contributed by atoms with E-state index >= 15 is 0 Å². The molecule has 0 spiro atoms. The molecule has 9 heteroatoms. The lowest BCUT2D eigenvalue weighted by Crippen LogP contribution is -2.20. The Bertz CT molecular complexity index is 957. The molecule has 0 aliphatic carbocycles. The highest BCUT2D eigenvalue weighted by molar-refractivity contribution is 6.02. The van der Waals surface area contributed by atoms with Crippen LogP contribution in [-0.4, -0.2) is 31.4 Å². The Kier molecular flexibility index (Phi) is 7.88. The van der Waals surface area contributed by atoms with Crippen LogP contribution in [0, 0.1) is 13.8 Å². The summed E-state index contributed by atoms with van der Waals surface area (Å²) in [4.78, 5) is 41.4. The molecule has 0 fully saturated rings. The summed E-state index contributed by atoms with van der Waals surface area (Å²) >= 11 is 0. The molecule has 0 aliphatic heterocycles. The van der Waals surface area contributed by atoms with Crippen LogP contribution >= 0.6 is 0 Å². The summed E-state index contributed by atoms with van der Waals surface area (Å²) in [5.41, 5.74) is 2.65. The standard InChI is InChI=1S/C21H22N4O5/c1-5-29-15-7-17(22-11-26)13(3)19(9-15)24-21(28)25-20-10-16(30-6-2)8-18(14(20)4)23-12-27/h7-10H,5-6H2,1-4H3,(H2,24,25,28). The Morgan fingerprint density at radius 1 is 0.833 bits per heavy atom. The zero-order valence-electron chi connectivity index (χ0n) is 17.2. The van der Waals surface area contributed by atoms with Gasteiger partial charge < -0.3 is 20.1 Å². The van der Waals surface area contributed by atoms with E-state index in [0.29, 0.717) is 58.6 Å². The Balaban J connectivity index is 2.35. The van der Waals surface area contributed by atoms with E-state index in [4.69, 9.17) is 9.47 Å². The van der Waals surface area contributed by atoms with Gasteiger partial charge in [-0.1, -0.05) is 0 Å². The third kappa shape index (κ3) is 5.54. The number of amides is 2. The number of hydrogen-bond donors (Lipinski definition) is 2. The molecule has 2 amide bonds. The van der Waals surface area contributed by atoms with Gasteiger partial charge in [0.2, 0.25) is 12.2 Å². The Labute approximate surface area is 173 Å². The number of nitrogens with one attached hydrogen (secondary N) is 2. The number of urea groups is 1. The Hall–Kier alpha value is -3.93. The number of ether oxygens (including phenoxy) is 2. The number of isocyanates is 2. The van der Waals surface area contributed by atoms with Gasteiger partial charge in [0, 0.05) is 24.3 Å². The maximum atomic E-state index is 12.6. The molecule has 0 radical (unpaired) electrons. The van der Waals surface area contributed by atoms with Crippen molar-refractivity contribution in [1.29, 1.82) is 0 Å². The number of carbonyl (C=O) groups excluding carboxylic acids is 3. The second kappa shape index (κ2) is 10.6. The molecule has 0 unspecified atom stereocenters. The van der Waals surface area contributed by atoms with Gasteiger partial charge in [-0.3, -0.25) is 0 Å². The van der Waals surface area contributed by atoms with Crippen LogP contribution in [0.5, 0.6) is 11.5 Å². The van der Waals surface area contributed by atoms with Crippen LogP contribution in [0.15, 0.2) is 34.3 Å². The third-order valence-corrected chi connectivity index (χ3v) is 4.16. The number of anilines is 2. The van der Waals surface area contributed by atoms with E-state index in [9.17, 15) is 14.4 Å². The highest BCUT2D eigenvalue weighted by Crippen LogP contribution is 2.34. The fourth-order valence-corrected chi connectivity index (χ4v) is 2.71. The van der Waals surface area contributed by atoms with Gasteiger partial charge >= 0.3 is 6.03 Å². The number of carbonyl (C=O) groups is 1. The van der Waals surface area contributed by atoms with Gasteiger partial charge in [0.15, 0.2) is 0 Å². The normalized spacial score (nSPS) is 9.73. The average Bonchev–Trinajstić information content (AvgIpc) is 2.69. The van der Waals surface area contributed by atoms with E-state index in [1.807, 2.05) is 13.8 Å². The first-order valence-corrected chi connectivity index (χ1v) is 9.22. The maximum absolute atomic E-state index is 12.6. The lowest BCUT2D eigenvalue weighted by molar-refractivity contribution is 0.262. The van der Waals surface area contributed by atoms with Crippen LogP contribution in [0.3, 0.4) is 0 Å². The fourth-order valence-electron chi connectivity index (χ4n) is 2.71. The number of nitrogens with zero attached hydrogens (tertiary/aromatic N) is 2. The van der Waals surface area contributed by atoms with Gasteiger partial charge in [0.05, 0.1) is 36.0 Å². The summed E-state index contributed by atoms with van der Waals surface area (Å²) in [6.45, 7) is 7.86. The molecule has 0 saturated carbocycles. The topological polar surface area (TPSA) is 118 Å². The number of hydrogen-bond acceptors (Lipinski definition) is 7. The second-order valence-electron chi connectivity index (χ2n) is 6.08. The van der Waals surface area contributed by atoms with E-state index < -0.39 is 6.03 Å². The molecule has 0 saturated heterocycles. The molecule has 156 valence electrons. The predicted molar refractivity (Wildman–Crippen MR) is 113 cm³/mol. The van der Waals surface area contributed by atoms with Crippen molar-refractivity contribution in [3.05, 3.63) is 35.4 Å². The average molecular weight is 410 g/mol. The molecule has 0 aliphatic rings. The van der Waals surface area contributed by atoms with Crippen molar-refractivity contribution in [1.82, 2.24) is 0 Å². The number of aliphatic imine (C=N–C) groups is 2. The van der Waals surface area contributed by atoms with Crippen LogP contribution in [0.2, 0.25) is 0 Å². The van der Waals surface area contributed by atoms with Crippen LogP contribution in [0.4, 0.5) is 27.5 Å². The number of benzene rings is 2. The molecule has 2 rings (SSSR count). The molecule has 0 atom stereocenters. The molecular weight excluding hydrogens is 388 g/mol. The minimum atomic E-state index is -0.550. The van der Waals surface area contributed by atoms with Crippen molar-refractivity contribution >= 4 is 40.9 Å². The molecule has 0 bridgehead atoms. The summed E-state index contributed by atoms with van der Waals surface area (Å²) in [5.74, 6) is 0.897. The SMILES string of the molecule is CCOc1cc(N=C=O)c(C)c(NC(=O)Nc2cc(OCC)cc(N=C=O)c2C)c1. The van der Waals surface area contributed by atoms with E-state index in [2.05, 4.69) is 20.6 Å². The molecule has 2 N–H and O–H groups in total. The summed E-state index contributed by atoms with van der Waals surface area (Å²) in [6.07, 6.45) is 2.99. The summed E-state index contributed by atoms with van der Waals surface area (Å²) < 4.78 is 10.9. The van der Waals surface area contributed by atoms with Crippen molar-refractivity contribution < 1.29 is 23.9 Å². The van der Waals surface area contributed by atoms with Gasteiger partial charge in [0.1, 0.15) is 11.5 Å². The molecule has 2 aromatic rings. The van der Waals surface area contributed by atoms with Crippen molar-refractivity contribution in [2.45, 2.75) is 27.7 Å². The summed E-state index contributed by atoms with van der Waals surface area (Å²) in [7, 11) is 0. The maximum Gasteiger partial charge on any atom is 0.323 e. The molecule has 0 heterocycles. The first kappa shape index (κ1) is 22.4. The van der Waals surface area contributed by atoms with Crippen molar-refractivity contribution in [3.63, 3.8) is 0 Å². The van der Waals surface area contributed by atoms with Gasteiger partial charge in [-0.05, 0) is 38.8 Å². The largest absolute Gasteiger partial charge is 0.494 e. The van der Waals surface area contributed by atoms with Crippen LogP contribution in [0.1, 0.15) is 25.0 Å². The van der Waals surface area contributed by atoms with Crippen molar-refractivity contribution in [2.24, 2.45) is 9.98 Å². The van der Waals surface area contributed by atoms with Gasteiger partial charge in [-0.15, -0.1) is 0 Å². The summed E-state index contributed by atoms with van der Waals surface area (Å²) in [5, 5.41) is 5.44. The van der Waals surface area contributed by atoms with Crippen LogP contribution in [0.25, 0.3) is 0 Å².